The minimum Gasteiger partial charge on any atom is -1.00 e. The van der Waals surface area contributed by atoms with Crippen LogP contribution < -0.4 is 28.5 Å². The van der Waals surface area contributed by atoms with E-state index >= 15 is 0 Å². The van der Waals surface area contributed by atoms with Crippen LogP contribution in [0.5, 0.6) is 0 Å². The smallest absolute Gasteiger partial charge is 0.415 e. The Morgan fingerprint density at radius 3 is 2.73 bits per heavy atom. The van der Waals surface area contributed by atoms with Crippen LogP contribution in [-0.2, 0) is 11.8 Å². The molecule has 0 radical (unpaired) electrons. The number of methoxy groups -OCH3 is 1. The summed E-state index contributed by atoms with van der Waals surface area (Å²) in [6.45, 7) is 1.15. The fourth-order valence-corrected chi connectivity index (χ4v) is 1.08. The largest absolute Gasteiger partial charge is 1.00 e. The van der Waals surface area contributed by atoms with E-state index in [1.807, 2.05) is 17.8 Å². The normalized spacial score (nSPS) is 9.53. The first-order valence-corrected chi connectivity index (χ1v) is 4.43. The highest BCUT2D eigenvalue weighted by Gasteiger charge is 2.15. The summed E-state index contributed by atoms with van der Waals surface area (Å²) in [5.74, 6) is 0. The Hall–Kier alpha value is -0.630. The molecule has 0 aliphatic rings. The molecule has 0 aromatic carbocycles. The number of carbonyl (C=O) groups excluding carboxylic acids is 1. The Morgan fingerprint density at radius 1 is 1.60 bits per heavy atom. The molecule has 1 heterocycles. The fourth-order valence-electron chi connectivity index (χ4n) is 1.08. The second kappa shape index (κ2) is 6.78. The molecule has 1 aromatic heterocycles. The molecule has 0 spiro atoms. The van der Waals surface area contributed by atoms with Crippen LogP contribution in [0.1, 0.15) is 0 Å². The van der Waals surface area contributed by atoms with Crippen LogP contribution in [0.3, 0.4) is 0 Å². The molecule has 0 aliphatic heterocycles. The average Bonchev–Trinajstić information content (AvgIpc) is 2.60. The first-order chi connectivity index (χ1) is 6.65. The second-order valence-electron chi connectivity index (χ2n) is 3.18. The third-order valence-electron chi connectivity index (χ3n) is 1.95. The molecule has 1 aromatic rings. The molecule has 0 N–H and O–H groups in total. The van der Waals surface area contributed by atoms with Gasteiger partial charge in [0.1, 0.15) is 12.4 Å². The Bertz CT molecular complexity index is 314. The molecular formula is C9H16IN3O2. The number of hydrogen-bond acceptors (Lipinski definition) is 2. The number of likely N-dealkylation sites (N-methyl/N-ethyl adjacent to an activating group) is 1. The van der Waals surface area contributed by atoms with Gasteiger partial charge in [0.2, 0.25) is 0 Å². The van der Waals surface area contributed by atoms with Gasteiger partial charge in [0.05, 0.1) is 13.7 Å². The molecule has 0 atom stereocenters. The van der Waals surface area contributed by atoms with Crippen molar-refractivity contribution in [1.29, 1.82) is 0 Å². The molecule has 1 rings (SSSR count). The van der Waals surface area contributed by atoms with E-state index in [0.29, 0.717) is 13.2 Å². The van der Waals surface area contributed by atoms with Crippen LogP contribution in [0.4, 0.5) is 4.79 Å². The van der Waals surface area contributed by atoms with Gasteiger partial charge in [0.15, 0.2) is 0 Å². The van der Waals surface area contributed by atoms with Gasteiger partial charge in [-0.25, -0.2) is 9.36 Å². The highest BCUT2D eigenvalue weighted by atomic mass is 127. The van der Waals surface area contributed by atoms with Crippen molar-refractivity contribution in [3.05, 3.63) is 18.7 Å². The van der Waals surface area contributed by atoms with E-state index in [-0.39, 0.29) is 30.0 Å². The van der Waals surface area contributed by atoms with Crippen LogP contribution in [0.2, 0.25) is 0 Å². The number of amides is 1. The number of nitrogens with zero attached hydrogens (tertiary/aromatic N) is 3. The fraction of sp³-hybridized carbons (Fsp3) is 0.556. The van der Waals surface area contributed by atoms with Gasteiger partial charge in [-0.15, -0.1) is 0 Å². The molecule has 0 aliphatic carbocycles. The highest BCUT2D eigenvalue weighted by Crippen LogP contribution is 1.91. The second-order valence-corrected chi connectivity index (χ2v) is 3.18. The van der Waals surface area contributed by atoms with E-state index in [0.717, 1.165) is 0 Å². The zero-order valence-corrected chi connectivity index (χ0v) is 11.3. The quantitative estimate of drug-likeness (QED) is 0.435. The Kier molecular flexibility index (Phi) is 6.50. The molecule has 15 heavy (non-hydrogen) atoms. The van der Waals surface area contributed by atoms with Crippen molar-refractivity contribution in [2.45, 2.75) is 0 Å². The van der Waals surface area contributed by atoms with Gasteiger partial charge in [-0.05, 0) is 0 Å². The molecule has 5 nitrogen and oxygen atoms in total. The number of rotatable bonds is 3. The summed E-state index contributed by atoms with van der Waals surface area (Å²) in [4.78, 5) is 13.3. The van der Waals surface area contributed by atoms with Crippen molar-refractivity contribution in [3.63, 3.8) is 0 Å². The van der Waals surface area contributed by atoms with Gasteiger partial charge in [0.25, 0.3) is 6.33 Å². The molecule has 0 fully saturated rings. The lowest BCUT2D eigenvalue weighted by Crippen LogP contribution is -3.00. The minimum atomic E-state index is -0.0531. The SMILES string of the molecule is COCCN(C)C(=O)n1cc[n+](C)c1.[I-]. The Labute approximate surface area is 107 Å². The van der Waals surface area contributed by atoms with Crippen molar-refractivity contribution < 1.29 is 38.1 Å². The number of imidazole rings is 1. The van der Waals surface area contributed by atoms with Crippen molar-refractivity contribution in [2.24, 2.45) is 7.05 Å². The summed E-state index contributed by atoms with van der Waals surface area (Å²) in [5.41, 5.74) is 0. The summed E-state index contributed by atoms with van der Waals surface area (Å²) in [5, 5.41) is 0. The van der Waals surface area contributed by atoms with Crippen molar-refractivity contribution >= 4 is 6.03 Å². The number of aryl methyl sites for hydroxylation is 1. The number of carbonyl (C=O) groups is 1. The molecule has 0 bridgehead atoms. The predicted octanol–water partition coefficient (Wildman–Crippen LogP) is -3.14. The zero-order valence-electron chi connectivity index (χ0n) is 9.18. The lowest BCUT2D eigenvalue weighted by molar-refractivity contribution is -0.670. The van der Waals surface area contributed by atoms with Gasteiger partial charge in [-0.1, -0.05) is 0 Å². The lowest BCUT2D eigenvalue weighted by atomic mass is 10.6. The van der Waals surface area contributed by atoms with E-state index in [4.69, 9.17) is 4.74 Å². The third-order valence-corrected chi connectivity index (χ3v) is 1.95. The van der Waals surface area contributed by atoms with E-state index in [1.54, 1.807) is 31.6 Å². The molecule has 0 saturated heterocycles. The molecular weight excluding hydrogens is 309 g/mol. The van der Waals surface area contributed by atoms with E-state index < -0.39 is 0 Å². The lowest BCUT2D eigenvalue weighted by Gasteiger charge is -2.12. The number of aromatic nitrogens is 2. The maximum atomic E-state index is 11.7. The molecule has 0 saturated carbocycles. The predicted molar refractivity (Wildman–Crippen MR) is 50.9 cm³/mol. The van der Waals surface area contributed by atoms with Gasteiger partial charge < -0.3 is 33.6 Å². The first kappa shape index (κ1) is 14.4. The molecule has 86 valence electrons. The number of halogens is 1. The van der Waals surface area contributed by atoms with Gasteiger partial charge in [-0.3, -0.25) is 0 Å². The monoisotopic (exact) mass is 325 g/mol. The van der Waals surface area contributed by atoms with E-state index in [1.165, 1.54) is 4.57 Å². The topological polar surface area (TPSA) is 38.4 Å². The van der Waals surface area contributed by atoms with Crippen LogP contribution in [0, 0.1) is 0 Å². The third kappa shape index (κ3) is 4.17. The summed E-state index contributed by atoms with van der Waals surface area (Å²) in [7, 11) is 5.24. The first-order valence-electron chi connectivity index (χ1n) is 4.43. The maximum Gasteiger partial charge on any atom is 0.415 e. The van der Waals surface area contributed by atoms with Crippen LogP contribution in [0.15, 0.2) is 18.7 Å². The van der Waals surface area contributed by atoms with Crippen LogP contribution in [-0.4, -0.2) is 42.8 Å². The van der Waals surface area contributed by atoms with Gasteiger partial charge >= 0.3 is 6.03 Å². The van der Waals surface area contributed by atoms with Gasteiger partial charge in [-0.2, -0.15) is 4.57 Å². The van der Waals surface area contributed by atoms with Crippen molar-refractivity contribution in [2.75, 3.05) is 27.3 Å². The standard InChI is InChI=1S/C9H16N3O2.HI/c1-10-4-5-12(8-10)9(13)11(2)6-7-14-3;/h4-5,8H,6-7H2,1-3H3;1H/q+1;/p-1. The minimum absolute atomic E-state index is 0. The summed E-state index contributed by atoms with van der Waals surface area (Å²) in [6.07, 6.45) is 5.28. The Balaban J connectivity index is 0.00000196. The van der Waals surface area contributed by atoms with E-state index in [9.17, 15) is 4.79 Å². The van der Waals surface area contributed by atoms with Crippen molar-refractivity contribution in [1.82, 2.24) is 9.47 Å². The highest BCUT2D eigenvalue weighted by molar-refractivity contribution is 5.76. The summed E-state index contributed by atoms with van der Waals surface area (Å²) >= 11 is 0. The van der Waals surface area contributed by atoms with Crippen molar-refractivity contribution in [3.8, 4) is 0 Å². The number of ether oxygens (including phenoxy) is 1. The molecule has 0 unspecified atom stereocenters. The molecule has 6 heteroatoms. The Morgan fingerprint density at radius 2 is 2.27 bits per heavy atom. The van der Waals surface area contributed by atoms with E-state index in [2.05, 4.69) is 0 Å². The number of hydrogen-bond donors (Lipinski definition) is 0. The van der Waals surface area contributed by atoms with Crippen LogP contribution >= 0.6 is 0 Å². The summed E-state index contributed by atoms with van der Waals surface area (Å²) < 4.78 is 8.25. The summed E-state index contributed by atoms with van der Waals surface area (Å²) in [6, 6.07) is -0.0531. The average molecular weight is 325 g/mol. The molecule has 1 amide bonds. The zero-order chi connectivity index (χ0) is 10.6. The van der Waals surface area contributed by atoms with Crippen LogP contribution in [0.25, 0.3) is 0 Å². The van der Waals surface area contributed by atoms with Gasteiger partial charge in [0, 0.05) is 20.7 Å². The maximum absolute atomic E-state index is 11.7.